The van der Waals surface area contributed by atoms with E-state index in [-0.39, 0.29) is 5.91 Å². The van der Waals surface area contributed by atoms with Crippen molar-refractivity contribution in [3.8, 4) is 11.5 Å². The molecule has 1 saturated heterocycles. The number of halogens is 2. The minimum Gasteiger partial charge on any atom is -0.493 e. The minimum absolute atomic E-state index is 0.130. The highest BCUT2D eigenvalue weighted by Crippen LogP contribution is 2.34. The zero-order valence-corrected chi connectivity index (χ0v) is 18.1. The highest BCUT2D eigenvalue weighted by Gasteiger charge is 2.29. The van der Waals surface area contributed by atoms with Gasteiger partial charge in [0.15, 0.2) is 0 Å². The van der Waals surface area contributed by atoms with Gasteiger partial charge in [-0.1, -0.05) is 59.3 Å². The Morgan fingerprint density at radius 1 is 1.11 bits per heavy atom. The Kier molecular flexibility index (Phi) is 7.24. The highest BCUT2D eigenvalue weighted by molar-refractivity contribution is 8.26. The number of thiocarbonyl (C=S) groups is 1. The van der Waals surface area contributed by atoms with Crippen LogP contribution in [0, 0.1) is 0 Å². The third-order valence-corrected chi connectivity index (χ3v) is 5.92. The molecule has 4 nitrogen and oxygen atoms in total. The van der Waals surface area contributed by atoms with Crippen LogP contribution in [0.15, 0.2) is 47.4 Å². The summed E-state index contributed by atoms with van der Waals surface area (Å²) in [5.41, 5.74) is 0.730. The van der Waals surface area contributed by atoms with Crippen LogP contribution in [0.5, 0.6) is 11.5 Å². The van der Waals surface area contributed by atoms with E-state index in [1.807, 2.05) is 18.2 Å². The number of para-hydroxylation sites is 1. The molecule has 146 valence electrons. The van der Waals surface area contributed by atoms with Gasteiger partial charge in [-0.15, -0.1) is 0 Å². The molecular weight excluding hydrogens is 437 g/mol. The first-order valence-corrected chi connectivity index (χ1v) is 10.4. The predicted octanol–water partition coefficient (Wildman–Crippen LogP) is 5.67. The number of hydrogen-bond donors (Lipinski definition) is 0. The summed E-state index contributed by atoms with van der Waals surface area (Å²) in [5.74, 6) is 1.16. The molecule has 1 amide bonds. The number of benzene rings is 2. The number of ether oxygens (including phenoxy) is 2. The zero-order valence-electron chi connectivity index (χ0n) is 15.0. The summed E-state index contributed by atoms with van der Waals surface area (Å²) in [4.78, 5) is 14.2. The van der Waals surface area contributed by atoms with Crippen LogP contribution in [0.2, 0.25) is 10.0 Å². The number of rotatable bonds is 7. The van der Waals surface area contributed by atoms with Crippen molar-refractivity contribution < 1.29 is 14.3 Å². The Labute approximate surface area is 183 Å². The molecule has 1 aliphatic rings. The summed E-state index contributed by atoms with van der Waals surface area (Å²) in [6.45, 7) is 0.919. The van der Waals surface area contributed by atoms with Crippen molar-refractivity contribution in [1.82, 2.24) is 4.90 Å². The Morgan fingerprint density at radius 3 is 2.50 bits per heavy atom. The van der Waals surface area contributed by atoms with Gasteiger partial charge in [-0.3, -0.25) is 9.69 Å². The fraction of sp³-hybridized carbons (Fsp3) is 0.200. The van der Waals surface area contributed by atoms with Gasteiger partial charge in [0.05, 0.1) is 23.1 Å². The molecule has 0 N–H and O–H groups in total. The molecule has 0 radical (unpaired) electrons. The Morgan fingerprint density at radius 2 is 1.82 bits per heavy atom. The summed E-state index contributed by atoms with van der Waals surface area (Å²) in [5, 5.41) is 1.14. The second kappa shape index (κ2) is 9.65. The molecule has 0 atom stereocenters. The second-order valence-electron chi connectivity index (χ2n) is 5.90. The van der Waals surface area contributed by atoms with Crippen LogP contribution in [0.25, 0.3) is 6.08 Å². The molecule has 0 spiro atoms. The molecule has 0 bridgehead atoms. The van der Waals surface area contributed by atoms with E-state index in [0.29, 0.717) is 50.4 Å². The molecule has 8 heteroatoms. The lowest BCUT2D eigenvalue weighted by Gasteiger charge is -2.11. The van der Waals surface area contributed by atoms with Crippen LogP contribution in [0.3, 0.4) is 0 Å². The summed E-state index contributed by atoms with van der Waals surface area (Å²) in [6.07, 6.45) is 2.43. The average Bonchev–Trinajstić information content (AvgIpc) is 2.91. The molecule has 2 aromatic carbocycles. The smallest absolute Gasteiger partial charge is 0.265 e. The van der Waals surface area contributed by atoms with E-state index in [4.69, 9.17) is 44.9 Å². The molecular formula is C20H17Cl2NO3S2. The standard InChI is InChI=1S/C20H17Cl2NO3S2/c1-23-19(24)18(28-20(23)27)12-13-11-14(21)7-8-16(13)25-9-4-10-26-17-6-3-2-5-15(17)22/h2-3,5-8,11-12H,4,9-10H2,1H3. The highest BCUT2D eigenvalue weighted by atomic mass is 35.5. The Balaban J connectivity index is 1.61. The van der Waals surface area contributed by atoms with Gasteiger partial charge in [0.1, 0.15) is 15.8 Å². The van der Waals surface area contributed by atoms with Crippen molar-refractivity contribution in [3.05, 3.63) is 63.0 Å². The van der Waals surface area contributed by atoms with Crippen molar-refractivity contribution in [1.29, 1.82) is 0 Å². The van der Waals surface area contributed by atoms with Gasteiger partial charge in [-0.05, 0) is 36.4 Å². The van der Waals surface area contributed by atoms with E-state index in [0.717, 1.165) is 5.56 Å². The lowest BCUT2D eigenvalue weighted by atomic mass is 10.2. The third kappa shape index (κ3) is 5.20. The van der Waals surface area contributed by atoms with Crippen molar-refractivity contribution in [2.45, 2.75) is 6.42 Å². The molecule has 3 rings (SSSR count). The lowest BCUT2D eigenvalue weighted by molar-refractivity contribution is -0.121. The topological polar surface area (TPSA) is 38.8 Å². The molecule has 0 aromatic heterocycles. The van der Waals surface area contributed by atoms with Crippen LogP contribution < -0.4 is 9.47 Å². The third-order valence-electron chi connectivity index (χ3n) is 3.89. The number of hydrogen-bond acceptors (Lipinski definition) is 5. The maximum absolute atomic E-state index is 12.2. The number of thioether (sulfide) groups is 1. The quantitative estimate of drug-likeness (QED) is 0.306. The predicted molar refractivity (Wildman–Crippen MR) is 119 cm³/mol. The van der Waals surface area contributed by atoms with Crippen molar-refractivity contribution in [2.24, 2.45) is 0 Å². The van der Waals surface area contributed by atoms with E-state index in [9.17, 15) is 4.79 Å². The molecule has 0 saturated carbocycles. The van der Waals surface area contributed by atoms with Crippen LogP contribution in [-0.2, 0) is 4.79 Å². The molecule has 0 aliphatic carbocycles. The summed E-state index contributed by atoms with van der Waals surface area (Å²) < 4.78 is 12.1. The molecule has 1 aliphatic heterocycles. The summed E-state index contributed by atoms with van der Waals surface area (Å²) >= 11 is 18.6. The fourth-order valence-corrected chi connectivity index (χ4v) is 3.98. The van der Waals surface area contributed by atoms with E-state index in [2.05, 4.69) is 0 Å². The number of nitrogens with zero attached hydrogens (tertiary/aromatic N) is 1. The van der Waals surface area contributed by atoms with Crippen LogP contribution in [0.4, 0.5) is 0 Å². The van der Waals surface area contributed by atoms with Crippen molar-refractivity contribution in [3.63, 3.8) is 0 Å². The largest absolute Gasteiger partial charge is 0.493 e. The fourth-order valence-electron chi connectivity index (χ4n) is 2.44. The van der Waals surface area contributed by atoms with Gasteiger partial charge in [-0.2, -0.15) is 0 Å². The Bertz CT molecular complexity index is 933. The average molecular weight is 454 g/mol. The zero-order chi connectivity index (χ0) is 20.1. The lowest BCUT2D eigenvalue weighted by Crippen LogP contribution is -2.22. The number of amides is 1. The van der Waals surface area contributed by atoms with Gasteiger partial charge in [0.25, 0.3) is 5.91 Å². The van der Waals surface area contributed by atoms with Gasteiger partial charge in [-0.25, -0.2) is 0 Å². The monoisotopic (exact) mass is 453 g/mol. The molecule has 1 fully saturated rings. The summed E-state index contributed by atoms with van der Waals surface area (Å²) in [7, 11) is 1.66. The van der Waals surface area contributed by atoms with E-state index in [1.54, 1.807) is 37.4 Å². The van der Waals surface area contributed by atoms with Crippen LogP contribution >= 0.6 is 47.2 Å². The van der Waals surface area contributed by atoms with Crippen LogP contribution in [-0.4, -0.2) is 35.4 Å². The second-order valence-corrected chi connectivity index (χ2v) is 8.42. The van der Waals surface area contributed by atoms with Gasteiger partial charge >= 0.3 is 0 Å². The first-order chi connectivity index (χ1) is 13.5. The van der Waals surface area contributed by atoms with Crippen molar-refractivity contribution in [2.75, 3.05) is 20.3 Å². The van der Waals surface area contributed by atoms with Crippen LogP contribution in [0.1, 0.15) is 12.0 Å². The molecule has 1 heterocycles. The maximum Gasteiger partial charge on any atom is 0.265 e. The summed E-state index contributed by atoms with van der Waals surface area (Å²) in [6, 6.07) is 12.6. The first-order valence-electron chi connectivity index (χ1n) is 8.47. The number of likely N-dealkylation sites (N-methyl/N-ethyl adjacent to an activating group) is 1. The van der Waals surface area contributed by atoms with E-state index < -0.39 is 0 Å². The number of carbonyl (C=O) groups is 1. The van der Waals surface area contributed by atoms with E-state index in [1.165, 1.54) is 16.7 Å². The van der Waals surface area contributed by atoms with Gasteiger partial charge in [0, 0.05) is 24.1 Å². The van der Waals surface area contributed by atoms with Gasteiger partial charge in [0.2, 0.25) is 0 Å². The Hall–Kier alpha value is -1.73. The molecule has 0 unspecified atom stereocenters. The number of carbonyl (C=O) groups excluding carboxylic acids is 1. The van der Waals surface area contributed by atoms with E-state index >= 15 is 0 Å². The molecule has 28 heavy (non-hydrogen) atoms. The minimum atomic E-state index is -0.130. The van der Waals surface area contributed by atoms with Gasteiger partial charge < -0.3 is 9.47 Å². The van der Waals surface area contributed by atoms with Crippen molar-refractivity contribution >= 4 is 63.5 Å². The SMILES string of the molecule is CN1C(=O)C(=Cc2cc(Cl)ccc2OCCCOc2ccccc2Cl)SC1=S. The maximum atomic E-state index is 12.2. The first kappa shape index (κ1) is 21.0. The normalized spacial score (nSPS) is 15.4. The molecule has 2 aromatic rings.